The number of carbonyl (C=O) groups is 2. The zero-order chi connectivity index (χ0) is 6.57. The van der Waals surface area contributed by atoms with Gasteiger partial charge in [-0.2, -0.15) is 0 Å². The summed E-state index contributed by atoms with van der Waals surface area (Å²) in [4.78, 5) is 27.6. The minimum absolute atomic E-state index is 0. The fourth-order valence-corrected chi connectivity index (χ4v) is 0.131. The quantitative estimate of drug-likeness (QED) is 0.135. The van der Waals surface area contributed by atoms with Crippen molar-refractivity contribution in [3.05, 3.63) is 10.1 Å². The van der Waals surface area contributed by atoms with Crippen molar-refractivity contribution in [1.82, 2.24) is 0 Å². The zero-order valence-corrected chi connectivity index (χ0v) is 7.31. The molecule has 7 heteroatoms. The normalized spacial score (nSPS) is 6.90. The Balaban J connectivity index is -0.000000245. The summed E-state index contributed by atoms with van der Waals surface area (Å²) in [5, 5.41) is 9.50. The van der Waals surface area contributed by atoms with E-state index in [9.17, 15) is 19.7 Å². The Morgan fingerprint density at radius 3 is 1.60 bits per heavy atom. The second-order valence-corrected chi connectivity index (χ2v) is 1.05. The molecule has 0 spiro atoms. The number of carbonyl (C=O) groups excluding carboxylic acids is 2. The molecule has 0 aliphatic heterocycles. The molecule has 0 saturated carbocycles. The number of nitro groups is 1. The Morgan fingerprint density at radius 2 is 1.60 bits per heavy atom. The van der Waals surface area contributed by atoms with E-state index in [0.717, 1.165) is 0 Å². The van der Waals surface area contributed by atoms with Crippen LogP contribution in [0, 0.1) is 10.1 Å². The van der Waals surface area contributed by atoms with Gasteiger partial charge >= 0.3 is 35.6 Å². The predicted octanol–water partition coefficient (Wildman–Crippen LogP) is -4.79. The van der Waals surface area contributed by atoms with Crippen LogP contribution in [0.1, 0.15) is 0 Å². The van der Waals surface area contributed by atoms with Crippen molar-refractivity contribution in [2.24, 2.45) is 0 Å². The van der Waals surface area contributed by atoms with Gasteiger partial charge in [-0.25, -0.2) is 0 Å². The van der Waals surface area contributed by atoms with Gasteiger partial charge in [0.25, 0.3) is 0 Å². The summed E-state index contributed by atoms with van der Waals surface area (Å²) >= 11 is 0. The number of hydrogen-bond donors (Lipinski definition) is 0. The third kappa shape index (κ3) is 5.83. The van der Waals surface area contributed by atoms with Crippen molar-refractivity contribution in [2.75, 3.05) is 0 Å². The zero-order valence-electron chi connectivity index (χ0n) is 5.31. The molecule has 0 aliphatic carbocycles. The Kier molecular flexibility index (Phi) is 14.2. The van der Waals surface area contributed by atoms with Crippen LogP contribution in [-0.2, 0) is 9.59 Å². The van der Waals surface area contributed by atoms with Gasteiger partial charge in [0.05, 0.1) is 0 Å². The van der Waals surface area contributed by atoms with Gasteiger partial charge in [-0.05, 0) is 0 Å². The molecule has 6 nitrogen and oxygen atoms in total. The van der Waals surface area contributed by atoms with Crippen LogP contribution in [-0.4, -0.2) is 29.0 Å². The average molecular weight is 158 g/mol. The molecule has 0 bridgehead atoms. The van der Waals surface area contributed by atoms with Gasteiger partial charge in [-0.15, -0.1) is 0 Å². The summed E-state index contributed by atoms with van der Waals surface area (Å²) in [6, 6.07) is -1.69. The molecule has 52 valence electrons. The topological polar surface area (TPSA) is 109 Å². The van der Waals surface area contributed by atoms with Crippen molar-refractivity contribution in [1.29, 1.82) is 0 Å². The number of aldehydes is 2. The molecule has 0 unspecified atom stereocenters. The van der Waals surface area contributed by atoms with E-state index in [1.54, 1.807) is 0 Å². The molecule has 0 aliphatic rings. The Morgan fingerprint density at radius 1 is 1.30 bits per heavy atom. The molecule has 0 saturated heterocycles. The largest absolute Gasteiger partial charge is 1.00 e. The van der Waals surface area contributed by atoms with Crippen molar-refractivity contribution >= 4 is 12.6 Å². The van der Waals surface area contributed by atoms with E-state index in [2.05, 4.69) is 0 Å². The third-order valence-electron chi connectivity index (χ3n) is 0.522. The van der Waals surface area contributed by atoms with Crippen LogP contribution in [0.4, 0.5) is 0 Å². The van der Waals surface area contributed by atoms with Crippen molar-refractivity contribution < 1.29 is 49.5 Å². The van der Waals surface area contributed by atoms with Gasteiger partial charge < -0.3 is 5.48 Å². The van der Waals surface area contributed by atoms with E-state index in [1.165, 1.54) is 0 Å². The molecular formula is C3H5NNaO5+. The molecule has 0 rings (SSSR count). The Bertz CT molecular complexity index is 118. The predicted molar refractivity (Wildman–Crippen MR) is 26.5 cm³/mol. The first kappa shape index (κ1) is 16.4. The van der Waals surface area contributed by atoms with E-state index < -0.39 is 11.0 Å². The first-order valence-corrected chi connectivity index (χ1v) is 1.76. The van der Waals surface area contributed by atoms with E-state index in [4.69, 9.17) is 0 Å². The first-order chi connectivity index (χ1) is 3.72. The molecule has 0 heterocycles. The van der Waals surface area contributed by atoms with Gasteiger partial charge in [0.2, 0.25) is 12.6 Å². The fraction of sp³-hybridized carbons (Fsp3) is 0.333. The van der Waals surface area contributed by atoms with Gasteiger partial charge in [0.15, 0.2) is 0 Å². The van der Waals surface area contributed by atoms with Gasteiger partial charge in [-0.3, -0.25) is 19.7 Å². The number of hydrogen-bond acceptors (Lipinski definition) is 4. The number of rotatable bonds is 3. The maximum atomic E-state index is 9.50. The summed E-state index contributed by atoms with van der Waals surface area (Å²) in [5.74, 6) is 0. The fourth-order valence-electron chi connectivity index (χ4n) is 0.131. The van der Waals surface area contributed by atoms with Gasteiger partial charge in [-0.1, -0.05) is 0 Å². The average Bonchev–Trinajstić information content (AvgIpc) is 1.69. The van der Waals surface area contributed by atoms with Gasteiger partial charge in [0.1, 0.15) is 0 Å². The van der Waals surface area contributed by atoms with E-state index >= 15 is 0 Å². The second kappa shape index (κ2) is 8.70. The molecule has 0 amide bonds. The van der Waals surface area contributed by atoms with Crippen LogP contribution >= 0.6 is 0 Å². The van der Waals surface area contributed by atoms with Crippen molar-refractivity contribution in [2.45, 2.75) is 6.04 Å². The minimum Gasteiger partial charge on any atom is -0.412 e. The Labute approximate surface area is 78.3 Å². The van der Waals surface area contributed by atoms with E-state index in [-0.39, 0.29) is 47.6 Å². The Hall–Kier alpha value is -0.300. The standard InChI is InChI=1S/C3H3NO4.Na.H2O/c5-1-3(2-6)4(7)8;;/h1-3H;;1H2/q;+1;. The molecule has 0 aromatic heterocycles. The SMILES string of the molecule is O.O=CC(C=O)[N+](=O)[O-].[Na+]. The molecule has 10 heavy (non-hydrogen) atoms. The van der Waals surface area contributed by atoms with Crippen LogP contribution < -0.4 is 29.6 Å². The molecular weight excluding hydrogens is 153 g/mol. The summed E-state index contributed by atoms with van der Waals surface area (Å²) in [5.41, 5.74) is 0. The minimum atomic E-state index is -1.69. The van der Waals surface area contributed by atoms with E-state index in [0.29, 0.717) is 0 Å². The molecule has 2 N–H and O–H groups in total. The monoisotopic (exact) mass is 158 g/mol. The molecule has 0 radical (unpaired) electrons. The molecule has 0 aromatic rings. The maximum absolute atomic E-state index is 9.50. The molecule has 0 aromatic carbocycles. The van der Waals surface area contributed by atoms with Crippen molar-refractivity contribution in [3.8, 4) is 0 Å². The van der Waals surface area contributed by atoms with Crippen LogP contribution in [0.15, 0.2) is 0 Å². The van der Waals surface area contributed by atoms with Crippen LogP contribution in [0.25, 0.3) is 0 Å². The molecule has 0 fully saturated rings. The van der Waals surface area contributed by atoms with Crippen molar-refractivity contribution in [3.63, 3.8) is 0 Å². The van der Waals surface area contributed by atoms with Gasteiger partial charge in [0, 0.05) is 4.92 Å². The first-order valence-electron chi connectivity index (χ1n) is 1.76. The second-order valence-electron chi connectivity index (χ2n) is 1.05. The van der Waals surface area contributed by atoms with Crippen LogP contribution in [0.3, 0.4) is 0 Å². The summed E-state index contributed by atoms with van der Waals surface area (Å²) in [7, 11) is 0. The number of nitrogens with zero attached hydrogens (tertiary/aromatic N) is 1. The summed E-state index contributed by atoms with van der Waals surface area (Å²) in [6.07, 6.45) is -0.0417. The maximum Gasteiger partial charge on any atom is 1.00 e. The molecule has 0 atom stereocenters. The summed E-state index contributed by atoms with van der Waals surface area (Å²) in [6.45, 7) is 0. The van der Waals surface area contributed by atoms with Crippen LogP contribution in [0.5, 0.6) is 0 Å². The van der Waals surface area contributed by atoms with Crippen LogP contribution in [0.2, 0.25) is 0 Å². The van der Waals surface area contributed by atoms with E-state index in [1.807, 2.05) is 0 Å². The third-order valence-corrected chi connectivity index (χ3v) is 0.522. The summed E-state index contributed by atoms with van der Waals surface area (Å²) < 4.78 is 0. The smallest absolute Gasteiger partial charge is 0.412 e.